The van der Waals surface area contributed by atoms with Gasteiger partial charge in [0.05, 0.1) is 12.2 Å². The molecule has 1 aromatic rings. The number of thiazole rings is 1. The maximum atomic E-state index is 4.56. The molecule has 2 heterocycles. The van der Waals surface area contributed by atoms with Crippen molar-refractivity contribution in [2.45, 2.75) is 34.2 Å². The molecule has 6 nitrogen and oxygen atoms in total. The zero-order chi connectivity index (χ0) is 18.2. The van der Waals surface area contributed by atoms with Gasteiger partial charge in [-0.2, -0.15) is 0 Å². The number of aromatic nitrogens is 1. The highest BCUT2D eigenvalue weighted by molar-refractivity contribution is 14.0. The van der Waals surface area contributed by atoms with E-state index in [0.717, 1.165) is 36.3 Å². The van der Waals surface area contributed by atoms with Crippen LogP contribution in [0.2, 0.25) is 0 Å². The Balaban J connectivity index is 0.00000338. The Labute approximate surface area is 179 Å². The first-order valence-corrected chi connectivity index (χ1v) is 10.2. The third kappa shape index (κ3) is 7.66. The predicted molar refractivity (Wildman–Crippen MR) is 123 cm³/mol. The zero-order valence-corrected chi connectivity index (χ0v) is 20.0. The van der Waals surface area contributed by atoms with Crippen molar-refractivity contribution in [1.29, 1.82) is 0 Å². The molecule has 2 rings (SSSR count). The summed E-state index contributed by atoms with van der Waals surface area (Å²) in [5, 5.41) is 7.93. The highest BCUT2D eigenvalue weighted by Crippen LogP contribution is 2.15. The summed E-state index contributed by atoms with van der Waals surface area (Å²) in [7, 11) is 1.82. The van der Waals surface area contributed by atoms with Gasteiger partial charge in [0.25, 0.3) is 0 Å². The molecule has 1 unspecified atom stereocenters. The number of halogens is 1. The third-order valence-corrected chi connectivity index (χ3v) is 5.88. The van der Waals surface area contributed by atoms with E-state index >= 15 is 0 Å². The number of likely N-dealkylation sites (N-methyl/N-ethyl adjacent to an activating group) is 1. The van der Waals surface area contributed by atoms with Crippen LogP contribution in [-0.4, -0.2) is 73.6 Å². The van der Waals surface area contributed by atoms with Crippen molar-refractivity contribution in [3.05, 3.63) is 15.6 Å². The molecule has 26 heavy (non-hydrogen) atoms. The molecule has 1 fully saturated rings. The standard InChI is InChI=1S/C18H34N6S.HI/c1-6-23-7-9-24(10-8-23)13-14(2)11-20-18(19-5)21-12-17-22-15(3)16(4)25-17;/h14H,6-13H2,1-5H3,(H2,19,20,21);1H. The van der Waals surface area contributed by atoms with Crippen LogP contribution in [0.5, 0.6) is 0 Å². The fraction of sp³-hybridized carbons (Fsp3) is 0.778. The lowest BCUT2D eigenvalue weighted by Crippen LogP contribution is -2.48. The highest BCUT2D eigenvalue weighted by Gasteiger charge is 2.17. The topological polar surface area (TPSA) is 55.8 Å². The van der Waals surface area contributed by atoms with Crippen molar-refractivity contribution in [1.82, 2.24) is 25.4 Å². The molecule has 1 aromatic heterocycles. The van der Waals surface area contributed by atoms with E-state index < -0.39 is 0 Å². The number of aryl methyl sites for hydroxylation is 2. The molecule has 1 saturated heterocycles. The SMILES string of the molecule is CCN1CCN(CC(C)CNC(=NC)NCc2nc(C)c(C)s2)CC1.I. The number of piperazine rings is 1. The number of nitrogens with one attached hydrogen (secondary N) is 2. The normalized spacial score (nSPS) is 17.7. The molecular formula is C18H35IN6S. The van der Waals surface area contributed by atoms with Crippen molar-refractivity contribution in [2.24, 2.45) is 10.9 Å². The van der Waals surface area contributed by atoms with E-state index in [4.69, 9.17) is 0 Å². The summed E-state index contributed by atoms with van der Waals surface area (Å²) in [5.41, 5.74) is 1.13. The predicted octanol–water partition coefficient (Wildman–Crippen LogP) is 2.32. The van der Waals surface area contributed by atoms with Gasteiger partial charge in [-0.15, -0.1) is 35.3 Å². The van der Waals surface area contributed by atoms with E-state index in [-0.39, 0.29) is 24.0 Å². The number of aliphatic imine (C=N–C) groups is 1. The summed E-state index contributed by atoms with van der Waals surface area (Å²) in [6.07, 6.45) is 0. The molecule has 0 spiro atoms. The van der Waals surface area contributed by atoms with Crippen molar-refractivity contribution >= 4 is 41.3 Å². The first-order chi connectivity index (χ1) is 12.0. The average molecular weight is 494 g/mol. The van der Waals surface area contributed by atoms with Crippen LogP contribution in [0.3, 0.4) is 0 Å². The van der Waals surface area contributed by atoms with Crippen LogP contribution in [0, 0.1) is 19.8 Å². The molecule has 0 amide bonds. The molecule has 0 aromatic carbocycles. The Morgan fingerprint density at radius 2 is 1.85 bits per heavy atom. The quantitative estimate of drug-likeness (QED) is 0.346. The van der Waals surface area contributed by atoms with E-state index in [1.807, 2.05) is 7.05 Å². The molecule has 1 aliphatic rings. The van der Waals surface area contributed by atoms with Gasteiger partial charge in [0.2, 0.25) is 0 Å². The summed E-state index contributed by atoms with van der Waals surface area (Å²) >= 11 is 1.75. The molecule has 2 N–H and O–H groups in total. The number of hydrogen-bond donors (Lipinski definition) is 2. The lowest BCUT2D eigenvalue weighted by Gasteiger charge is -2.35. The average Bonchev–Trinajstić information content (AvgIpc) is 2.93. The van der Waals surface area contributed by atoms with E-state index in [2.05, 4.69) is 58.1 Å². The highest BCUT2D eigenvalue weighted by atomic mass is 127. The molecule has 150 valence electrons. The third-order valence-electron chi connectivity index (χ3n) is 4.80. The minimum atomic E-state index is 0. The van der Waals surface area contributed by atoms with Crippen molar-refractivity contribution in [2.75, 3.05) is 52.9 Å². The van der Waals surface area contributed by atoms with Crippen LogP contribution in [0.25, 0.3) is 0 Å². The first-order valence-electron chi connectivity index (χ1n) is 9.34. The number of hydrogen-bond acceptors (Lipinski definition) is 5. The summed E-state index contributed by atoms with van der Waals surface area (Å²) in [4.78, 5) is 15.3. The Morgan fingerprint density at radius 1 is 1.19 bits per heavy atom. The molecule has 8 heteroatoms. The van der Waals surface area contributed by atoms with Gasteiger partial charge in [-0.3, -0.25) is 4.99 Å². The van der Waals surface area contributed by atoms with E-state index in [1.165, 1.54) is 37.6 Å². The zero-order valence-electron chi connectivity index (χ0n) is 16.8. The Hall–Kier alpha value is -0.450. The summed E-state index contributed by atoms with van der Waals surface area (Å²) < 4.78 is 0. The number of nitrogens with zero attached hydrogens (tertiary/aromatic N) is 4. The van der Waals surface area contributed by atoms with Crippen LogP contribution >= 0.6 is 35.3 Å². The van der Waals surface area contributed by atoms with Crippen LogP contribution in [0.15, 0.2) is 4.99 Å². The van der Waals surface area contributed by atoms with E-state index in [0.29, 0.717) is 5.92 Å². The fourth-order valence-corrected chi connectivity index (χ4v) is 3.93. The second-order valence-corrected chi connectivity index (χ2v) is 8.18. The maximum absolute atomic E-state index is 4.56. The Kier molecular flexibility index (Phi) is 11.0. The summed E-state index contributed by atoms with van der Waals surface area (Å²) in [6.45, 7) is 17.5. The Morgan fingerprint density at radius 3 is 2.38 bits per heavy atom. The van der Waals surface area contributed by atoms with Gasteiger partial charge < -0.3 is 20.4 Å². The molecule has 0 aliphatic carbocycles. The smallest absolute Gasteiger partial charge is 0.191 e. The van der Waals surface area contributed by atoms with E-state index in [9.17, 15) is 0 Å². The summed E-state index contributed by atoms with van der Waals surface area (Å²) in [6, 6.07) is 0. The minimum Gasteiger partial charge on any atom is -0.356 e. The van der Waals surface area contributed by atoms with Crippen molar-refractivity contribution < 1.29 is 0 Å². The molecular weight excluding hydrogens is 459 g/mol. The first kappa shape index (κ1) is 23.6. The molecule has 0 radical (unpaired) electrons. The van der Waals surface area contributed by atoms with Crippen molar-refractivity contribution in [3.63, 3.8) is 0 Å². The number of guanidine groups is 1. The largest absolute Gasteiger partial charge is 0.356 e. The van der Waals surface area contributed by atoms with Crippen LogP contribution in [0.4, 0.5) is 0 Å². The number of rotatable bonds is 7. The summed E-state index contributed by atoms with van der Waals surface area (Å²) in [5.74, 6) is 1.45. The van der Waals surface area contributed by atoms with Gasteiger partial charge in [0.1, 0.15) is 5.01 Å². The second kappa shape index (κ2) is 12.1. The van der Waals surface area contributed by atoms with E-state index in [1.54, 1.807) is 11.3 Å². The van der Waals surface area contributed by atoms with Gasteiger partial charge in [0.15, 0.2) is 5.96 Å². The van der Waals surface area contributed by atoms with Gasteiger partial charge in [-0.1, -0.05) is 13.8 Å². The van der Waals surface area contributed by atoms with Gasteiger partial charge >= 0.3 is 0 Å². The monoisotopic (exact) mass is 494 g/mol. The fourth-order valence-electron chi connectivity index (χ4n) is 3.06. The molecule has 0 bridgehead atoms. The van der Waals surface area contributed by atoms with Crippen LogP contribution in [0.1, 0.15) is 29.4 Å². The van der Waals surface area contributed by atoms with Crippen LogP contribution in [-0.2, 0) is 6.54 Å². The van der Waals surface area contributed by atoms with Gasteiger partial charge in [-0.25, -0.2) is 4.98 Å². The molecule has 1 aliphatic heterocycles. The van der Waals surface area contributed by atoms with Gasteiger partial charge in [0, 0.05) is 51.2 Å². The maximum Gasteiger partial charge on any atom is 0.191 e. The lowest BCUT2D eigenvalue weighted by atomic mass is 10.1. The molecule has 0 saturated carbocycles. The van der Waals surface area contributed by atoms with Gasteiger partial charge in [-0.05, 0) is 26.3 Å². The Bertz CT molecular complexity index is 534. The second-order valence-electron chi connectivity index (χ2n) is 6.90. The lowest BCUT2D eigenvalue weighted by molar-refractivity contribution is 0.124. The minimum absolute atomic E-state index is 0. The van der Waals surface area contributed by atoms with Crippen molar-refractivity contribution in [3.8, 4) is 0 Å². The van der Waals surface area contributed by atoms with Crippen LogP contribution < -0.4 is 10.6 Å². The molecule has 1 atom stereocenters.